The molecule has 0 bridgehead atoms. The summed E-state index contributed by atoms with van der Waals surface area (Å²) >= 11 is 0. The summed E-state index contributed by atoms with van der Waals surface area (Å²) < 4.78 is 1.75. The monoisotopic (exact) mass is 361 g/mol. The zero-order chi connectivity index (χ0) is 19.6. The van der Waals surface area contributed by atoms with Gasteiger partial charge in [-0.25, -0.2) is 4.68 Å². The van der Waals surface area contributed by atoms with Gasteiger partial charge in [-0.05, 0) is 75.1 Å². The fourth-order valence-corrected chi connectivity index (χ4v) is 2.94. The van der Waals surface area contributed by atoms with Crippen molar-refractivity contribution >= 4 is 5.91 Å². The van der Waals surface area contributed by atoms with Crippen LogP contribution in [0.2, 0.25) is 0 Å². The van der Waals surface area contributed by atoms with Crippen LogP contribution in [0.1, 0.15) is 47.4 Å². The first kappa shape index (κ1) is 18.9. The van der Waals surface area contributed by atoms with Crippen LogP contribution in [0, 0.1) is 20.8 Å². The van der Waals surface area contributed by atoms with Gasteiger partial charge in [-0.15, -0.1) is 0 Å². The highest BCUT2D eigenvalue weighted by atomic mass is 16.2. The molecule has 2 aromatic carbocycles. The van der Waals surface area contributed by atoms with Crippen LogP contribution < -0.4 is 5.32 Å². The van der Waals surface area contributed by atoms with Crippen LogP contribution in [0.3, 0.4) is 0 Å². The van der Waals surface area contributed by atoms with Gasteiger partial charge in [0, 0.05) is 11.6 Å². The Morgan fingerprint density at radius 3 is 2.52 bits per heavy atom. The van der Waals surface area contributed by atoms with E-state index in [9.17, 15) is 4.79 Å². The van der Waals surface area contributed by atoms with E-state index in [4.69, 9.17) is 5.10 Å². The van der Waals surface area contributed by atoms with E-state index in [-0.39, 0.29) is 11.9 Å². The summed E-state index contributed by atoms with van der Waals surface area (Å²) in [5.74, 6) is -0.103. The topological polar surface area (TPSA) is 46.9 Å². The first-order chi connectivity index (χ1) is 12.9. The van der Waals surface area contributed by atoms with E-state index >= 15 is 0 Å². The molecule has 140 valence electrons. The third-order valence-electron chi connectivity index (χ3n) is 4.98. The number of aromatic nitrogens is 2. The van der Waals surface area contributed by atoms with E-state index in [2.05, 4.69) is 44.3 Å². The second-order valence-electron chi connectivity index (χ2n) is 7.25. The molecule has 4 heteroatoms. The van der Waals surface area contributed by atoms with Crippen molar-refractivity contribution in [3.05, 3.63) is 70.9 Å². The molecule has 0 saturated heterocycles. The minimum atomic E-state index is -0.103. The van der Waals surface area contributed by atoms with E-state index in [1.165, 1.54) is 11.1 Å². The summed E-state index contributed by atoms with van der Waals surface area (Å²) in [6.45, 7) is 10.3. The lowest BCUT2D eigenvalue weighted by atomic mass is 10.0. The quantitative estimate of drug-likeness (QED) is 0.696. The molecular formula is C23H27N3O. The summed E-state index contributed by atoms with van der Waals surface area (Å²) in [7, 11) is 0. The summed E-state index contributed by atoms with van der Waals surface area (Å²) in [4.78, 5) is 12.9. The van der Waals surface area contributed by atoms with E-state index in [0.29, 0.717) is 5.69 Å². The number of benzene rings is 2. The number of carbonyl (C=O) groups is 1. The number of nitrogens with one attached hydrogen (secondary N) is 1. The largest absolute Gasteiger partial charge is 0.348 e. The SMILES string of the molecule is CC[C@H](C)NC(=O)c1cc(-c2ccc(C)c(C)c2)nn1-c1cccc(C)c1. The van der Waals surface area contributed by atoms with Crippen LogP contribution in [0.25, 0.3) is 16.9 Å². The Hall–Kier alpha value is -2.88. The fourth-order valence-electron chi connectivity index (χ4n) is 2.94. The van der Waals surface area contributed by atoms with E-state index < -0.39 is 0 Å². The number of rotatable bonds is 5. The molecule has 1 heterocycles. The van der Waals surface area contributed by atoms with Gasteiger partial charge < -0.3 is 5.32 Å². The Morgan fingerprint density at radius 2 is 1.85 bits per heavy atom. The Balaban J connectivity index is 2.10. The van der Waals surface area contributed by atoms with Crippen LogP contribution in [-0.4, -0.2) is 21.7 Å². The van der Waals surface area contributed by atoms with Crippen LogP contribution >= 0.6 is 0 Å². The smallest absolute Gasteiger partial charge is 0.270 e. The Morgan fingerprint density at radius 1 is 1.07 bits per heavy atom. The maximum atomic E-state index is 12.9. The summed E-state index contributed by atoms with van der Waals surface area (Å²) in [5, 5.41) is 7.83. The Kier molecular flexibility index (Phi) is 5.45. The molecule has 4 nitrogen and oxygen atoms in total. The molecule has 0 aliphatic carbocycles. The molecule has 0 fully saturated rings. The van der Waals surface area contributed by atoms with Crippen molar-refractivity contribution in [1.82, 2.24) is 15.1 Å². The second kappa shape index (κ2) is 7.78. The molecule has 1 N–H and O–H groups in total. The molecule has 0 aliphatic rings. The van der Waals surface area contributed by atoms with Crippen molar-refractivity contribution < 1.29 is 4.79 Å². The number of carbonyl (C=O) groups excluding carboxylic acids is 1. The molecule has 1 atom stereocenters. The van der Waals surface area contributed by atoms with Gasteiger partial charge in [0.2, 0.25) is 0 Å². The standard InChI is InChI=1S/C23H27N3O/c1-6-18(5)24-23(27)22-14-21(19-11-10-16(3)17(4)13-19)25-26(22)20-9-7-8-15(2)12-20/h7-14,18H,6H2,1-5H3,(H,24,27)/t18-/m0/s1. The number of aryl methyl sites for hydroxylation is 3. The lowest BCUT2D eigenvalue weighted by molar-refractivity contribution is 0.0931. The van der Waals surface area contributed by atoms with Gasteiger partial charge in [0.15, 0.2) is 0 Å². The van der Waals surface area contributed by atoms with Crippen LogP contribution in [0.5, 0.6) is 0 Å². The van der Waals surface area contributed by atoms with Crippen molar-refractivity contribution in [3.8, 4) is 16.9 Å². The molecule has 0 radical (unpaired) electrons. The minimum Gasteiger partial charge on any atom is -0.348 e. The maximum Gasteiger partial charge on any atom is 0.270 e. The third kappa shape index (κ3) is 4.11. The zero-order valence-electron chi connectivity index (χ0n) is 16.7. The molecule has 27 heavy (non-hydrogen) atoms. The van der Waals surface area contributed by atoms with Crippen LogP contribution in [-0.2, 0) is 0 Å². The van der Waals surface area contributed by atoms with Crippen molar-refractivity contribution in [2.75, 3.05) is 0 Å². The predicted octanol–water partition coefficient (Wildman–Crippen LogP) is 4.99. The van der Waals surface area contributed by atoms with E-state index in [1.807, 2.05) is 44.2 Å². The normalized spacial score (nSPS) is 12.0. The second-order valence-corrected chi connectivity index (χ2v) is 7.25. The number of hydrogen-bond acceptors (Lipinski definition) is 2. The summed E-state index contributed by atoms with van der Waals surface area (Å²) in [5.41, 5.74) is 6.84. The van der Waals surface area contributed by atoms with Gasteiger partial charge in [-0.3, -0.25) is 4.79 Å². The van der Waals surface area contributed by atoms with Crippen LogP contribution in [0.4, 0.5) is 0 Å². The van der Waals surface area contributed by atoms with E-state index in [1.54, 1.807) is 4.68 Å². The molecule has 1 aromatic heterocycles. The average molecular weight is 361 g/mol. The van der Waals surface area contributed by atoms with Gasteiger partial charge in [-0.1, -0.05) is 31.2 Å². The molecule has 1 amide bonds. The molecular weight excluding hydrogens is 334 g/mol. The highest BCUT2D eigenvalue weighted by molar-refractivity contribution is 5.94. The van der Waals surface area contributed by atoms with E-state index in [0.717, 1.165) is 28.9 Å². The molecule has 3 rings (SSSR count). The lowest BCUT2D eigenvalue weighted by Crippen LogP contribution is -2.33. The van der Waals surface area contributed by atoms with Gasteiger partial charge >= 0.3 is 0 Å². The zero-order valence-corrected chi connectivity index (χ0v) is 16.7. The Bertz CT molecular complexity index is 972. The molecule has 0 unspecified atom stereocenters. The highest BCUT2D eigenvalue weighted by Crippen LogP contribution is 2.24. The fraction of sp³-hybridized carbons (Fsp3) is 0.304. The van der Waals surface area contributed by atoms with Gasteiger partial charge in [-0.2, -0.15) is 5.10 Å². The molecule has 3 aromatic rings. The van der Waals surface area contributed by atoms with Crippen LogP contribution in [0.15, 0.2) is 48.5 Å². The maximum absolute atomic E-state index is 12.9. The van der Waals surface area contributed by atoms with Crippen molar-refractivity contribution in [2.45, 2.75) is 47.1 Å². The van der Waals surface area contributed by atoms with Crippen molar-refractivity contribution in [1.29, 1.82) is 0 Å². The van der Waals surface area contributed by atoms with Crippen molar-refractivity contribution in [2.24, 2.45) is 0 Å². The lowest BCUT2D eigenvalue weighted by Gasteiger charge is -2.12. The summed E-state index contributed by atoms with van der Waals surface area (Å²) in [6, 6.07) is 16.3. The number of nitrogens with zero attached hydrogens (tertiary/aromatic N) is 2. The number of hydrogen-bond donors (Lipinski definition) is 1. The molecule has 0 saturated carbocycles. The first-order valence-electron chi connectivity index (χ1n) is 9.44. The number of amides is 1. The van der Waals surface area contributed by atoms with Crippen molar-refractivity contribution in [3.63, 3.8) is 0 Å². The average Bonchev–Trinajstić information content (AvgIpc) is 3.09. The first-order valence-corrected chi connectivity index (χ1v) is 9.44. The minimum absolute atomic E-state index is 0.103. The van der Waals surface area contributed by atoms with Gasteiger partial charge in [0.1, 0.15) is 5.69 Å². The van der Waals surface area contributed by atoms with Gasteiger partial charge in [0.05, 0.1) is 11.4 Å². The predicted molar refractivity (Wildman–Crippen MR) is 110 cm³/mol. The highest BCUT2D eigenvalue weighted by Gasteiger charge is 2.19. The third-order valence-corrected chi connectivity index (χ3v) is 4.98. The summed E-state index contributed by atoms with van der Waals surface area (Å²) in [6.07, 6.45) is 0.883. The Labute approximate surface area is 161 Å². The molecule has 0 aliphatic heterocycles. The van der Waals surface area contributed by atoms with Gasteiger partial charge in [0.25, 0.3) is 5.91 Å². The molecule has 0 spiro atoms.